The summed E-state index contributed by atoms with van der Waals surface area (Å²) in [6.07, 6.45) is 1.18. The molecule has 0 bridgehead atoms. The number of amides is 11. The monoisotopic (exact) mass is 1530 g/mol. The molecule has 33 heteroatoms. The molecule has 2 heterocycles. The summed E-state index contributed by atoms with van der Waals surface area (Å²) >= 11 is 12.5. The van der Waals surface area contributed by atoms with Crippen molar-refractivity contribution in [1.82, 2.24) is 57.7 Å². The van der Waals surface area contributed by atoms with Gasteiger partial charge in [-0.1, -0.05) is 120 Å². The highest BCUT2D eigenvalue weighted by Gasteiger charge is 2.40. The van der Waals surface area contributed by atoms with Gasteiger partial charge in [0.15, 0.2) is 11.9 Å². The number of aromatic amines is 1. The molecule has 0 spiro atoms. The Morgan fingerprint density at radius 3 is 1.44 bits per heavy atom. The van der Waals surface area contributed by atoms with Crippen molar-refractivity contribution in [1.29, 1.82) is 0 Å². The van der Waals surface area contributed by atoms with E-state index in [1.54, 1.807) is 79.0 Å². The lowest BCUT2D eigenvalue weighted by molar-refractivity contribution is -0.142. The van der Waals surface area contributed by atoms with Gasteiger partial charge in [-0.3, -0.25) is 62.7 Å². The number of carbonyl (C=O) groups excluding carboxylic acids is 11. The van der Waals surface area contributed by atoms with Crippen molar-refractivity contribution in [3.63, 3.8) is 0 Å². The molecule has 0 aliphatic carbocycles. The molecular formula is C76H92Cl2N18O13. The number of nitrogens with zero attached hydrogens (tertiary/aromatic N) is 3. The molecule has 8 rings (SSSR count). The molecule has 109 heavy (non-hydrogen) atoms. The SMILES string of the molecule is CC(=O)N[C@@H](Cc1ccc2ccccc2c1)C(=O)N[C@@H](Cc1ccc(Cl)cc1)C(=O)N[C@H](Cc1c[nH]c2ccccc12)C(=O)N[C@@H](CO)C(=O)N[C@@H](Cc1ccc(O)cc1)C(=O)N[C@@H](CCCN=C(N)N)C(=O)N[C@@H](Cc1ccc(Cl)cc1)C(=O)N[C@@H](CCCN=C(N)N)C(=O)N1CCC[C@H]1C(=O)N[C@@H](C)C(N)=O. The minimum Gasteiger partial charge on any atom is -0.508 e. The lowest BCUT2D eigenvalue weighted by atomic mass is 9.99. The molecule has 1 aliphatic heterocycles. The average Bonchev–Trinajstić information content (AvgIpc) is 1.75. The van der Waals surface area contributed by atoms with Crippen molar-refractivity contribution < 1.29 is 63.0 Å². The Hall–Kier alpha value is -11.8. The van der Waals surface area contributed by atoms with Crippen LogP contribution in [0, 0.1) is 0 Å². The van der Waals surface area contributed by atoms with Crippen LogP contribution in [0.2, 0.25) is 10.0 Å². The Morgan fingerprint density at radius 1 is 0.505 bits per heavy atom. The number of carbonyl (C=O) groups is 11. The summed E-state index contributed by atoms with van der Waals surface area (Å²) in [5, 5.41) is 48.8. The second-order valence-corrected chi connectivity index (χ2v) is 27.4. The van der Waals surface area contributed by atoms with Crippen LogP contribution in [0.4, 0.5) is 0 Å². The average molecular weight is 1540 g/mol. The quantitative estimate of drug-likeness (QED) is 0.0145. The third-order valence-electron chi connectivity index (χ3n) is 18.2. The highest BCUT2D eigenvalue weighted by molar-refractivity contribution is 6.30. The first-order valence-electron chi connectivity index (χ1n) is 35.4. The molecule has 11 amide bonds. The van der Waals surface area contributed by atoms with Crippen molar-refractivity contribution in [3.8, 4) is 5.75 Å². The van der Waals surface area contributed by atoms with Crippen molar-refractivity contribution in [2.75, 3.05) is 26.2 Å². The summed E-state index contributed by atoms with van der Waals surface area (Å²) < 4.78 is 0. The summed E-state index contributed by atoms with van der Waals surface area (Å²) in [5.41, 5.74) is 31.2. The Kier molecular flexibility index (Phi) is 30.6. The second kappa shape index (κ2) is 40.2. The number of aliphatic imine (C=N–C) groups is 2. The van der Waals surface area contributed by atoms with E-state index in [2.05, 4.69) is 62.8 Å². The number of aliphatic hydroxyl groups excluding tert-OH is 1. The maximum atomic E-state index is 15.1. The number of fused-ring (bicyclic) bond motifs is 2. The first-order valence-corrected chi connectivity index (χ1v) is 36.2. The molecule has 1 aromatic heterocycles. The first-order chi connectivity index (χ1) is 52.1. The number of nitrogens with two attached hydrogens (primary N) is 5. The largest absolute Gasteiger partial charge is 0.508 e. The van der Waals surface area contributed by atoms with E-state index in [9.17, 15) is 43.8 Å². The molecule has 22 N–H and O–H groups in total. The summed E-state index contributed by atoms with van der Waals surface area (Å²) in [6, 6.07) is 24.4. The van der Waals surface area contributed by atoms with Gasteiger partial charge in [-0.2, -0.15) is 0 Å². The van der Waals surface area contributed by atoms with Crippen LogP contribution in [0.1, 0.15) is 80.2 Å². The number of rotatable bonds is 38. The summed E-state index contributed by atoms with van der Waals surface area (Å²) in [4.78, 5) is 170. The third kappa shape index (κ3) is 25.1. The van der Waals surface area contributed by atoms with Crippen LogP contribution in [0.25, 0.3) is 21.7 Å². The number of likely N-dealkylation sites (tertiary alicyclic amines) is 1. The normalized spacial score (nSPS) is 15.0. The van der Waals surface area contributed by atoms with Crippen LogP contribution in [0.5, 0.6) is 5.75 Å². The van der Waals surface area contributed by atoms with Gasteiger partial charge in [0.2, 0.25) is 65.0 Å². The van der Waals surface area contributed by atoms with Crippen molar-refractivity contribution >= 4 is 122 Å². The molecule has 31 nitrogen and oxygen atoms in total. The van der Waals surface area contributed by atoms with E-state index in [-0.39, 0.29) is 102 Å². The van der Waals surface area contributed by atoms with E-state index in [0.29, 0.717) is 55.2 Å². The second-order valence-electron chi connectivity index (χ2n) is 26.6. The molecule has 1 saturated heterocycles. The minimum atomic E-state index is -1.87. The maximum absolute atomic E-state index is 15.1. The van der Waals surface area contributed by atoms with E-state index < -0.39 is 132 Å². The molecule has 578 valence electrons. The van der Waals surface area contributed by atoms with Crippen LogP contribution >= 0.6 is 23.2 Å². The number of aliphatic hydroxyl groups is 1. The maximum Gasteiger partial charge on any atom is 0.245 e. The Balaban J connectivity index is 1.07. The molecule has 7 aromatic rings. The Labute approximate surface area is 638 Å². The first kappa shape index (κ1) is 82.8. The number of benzene rings is 6. The highest BCUT2D eigenvalue weighted by Crippen LogP contribution is 2.24. The van der Waals surface area contributed by atoms with Crippen molar-refractivity contribution in [2.24, 2.45) is 38.7 Å². The molecule has 0 radical (unpaired) electrons. The van der Waals surface area contributed by atoms with Crippen LogP contribution in [-0.2, 0) is 84.8 Å². The number of nitrogens with one attached hydrogen (secondary N) is 10. The fraction of sp³-hybridized carbons (Fsp3) is 0.355. The van der Waals surface area contributed by atoms with E-state index >= 15 is 19.2 Å². The zero-order valence-electron chi connectivity index (χ0n) is 60.1. The fourth-order valence-corrected chi connectivity index (χ4v) is 12.8. The van der Waals surface area contributed by atoms with Gasteiger partial charge >= 0.3 is 0 Å². The molecule has 0 saturated carbocycles. The zero-order chi connectivity index (χ0) is 78.8. The van der Waals surface area contributed by atoms with Gasteiger partial charge in [0.1, 0.15) is 66.2 Å². The number of guanidine groups is 2. The number of hydrogen-bond acceptors (Lipinski definition) is 15. The van der Waals surface area contributed by atoms with Crippen LogP contribution < -0.4 is 76.5 Å². The van der Waals surface area contributed by atoms with E-state index in [1.807, 2.05) is 42.5 Å². The Bertz CT molecular complexity index is 4440. The molecule has 0 unspecified atom stereocenters. The van der Waals surface area contributed by atoms with E-state index in [1.165, 1.54) is 43.0 Å². The number of para-hydroxylation sites is 1. The number of phenolic OH excluding ortho intramolecular Hbond substituents is 1. The zero-order valence-corrected chi connectivity index (χ0v) is 61.6. The summed E-state index contributed by atoms with van der Waals surface area (Å²) in [6.45, 7) is 1.62. The van der Waals surface area contributed by atoms with Crippen LogP contribution in [0.3, 0.4) is 0 Å². The number of primary amides is 1. The lowest BCUT2D eigenvalue weighted by Crippen LogP contribution is -2.61. The third-order valence-corrected chi connectivity index (χ3v) is 18.7. The number of H-pyrrole nitrogens is 1. The number of hydrogen-bond donors (Lipinski definition) is 17. The molecule has 1 aliphatic rings. The summed E-state index contributed by atoms with van der Waals surface area (Å²) in [7, 11) is 0. The van der Waals surface area contributed by atoms with Crippen molar-refractivity contribution in [2.45, 2.75) is 145 Å². The Morgan fingerprint density at radius 2 is 0.927 bits per heavy atom. The number of halogens is 2. The molecular weight excluding hydrogens is 1440 g/mol. The number of aromatic hydroxyl groups is 1. The van der Waals surface area contributed by atoms with Crippen molar-refractivity contribution in [3.05, 3.63) is 184 Å². The van der Waals surface area contributed by atoms with Gasteiger partial charge < -0.3 is 96.6 Å². The fourth-order valence-electron chi connectivity index (χ4n) is 12.5. The van der Waals surface area contributed by atoms with Gasteiger partial charge in [-0.05, 0) is 127 Å². The standard InChI is InChI=1S/C76H92Cl2N18O13/c1-42(65(79)100)87-73(108)64-16-9-33-96(64)74(109)57(15-8-32-85-76(82)83)90-69(104)60(35-44-18-25-51(77)26-19-44)91-66(101)56(14-7-31-84-75(80)81)89-68(103)59(37-46-22-29-53(99)30-23-46)93-72(107)63(41-97)95-71(106)62(39-50-40-86-55-13-6-5-12-54(50)55)94-70(105)61(36-45-20-27-52(78)28-21-45)92-67(102)58(88-43(2)98)38-47-17-24-48-10-3-4-11-49(48)34-47/h3-6,10-13,17-30,34,40,42,56-64,86,97,99H,7-9,14-16,31-33,35-39,41H2,1-2H3,(H2,79,100)(H,87,108)(H,88,98)(H,89,103)(H,90,104)(H,91,101)(H,92,102)(H,93,107)(H,94,105)(H,95,106)(H4,80,81,84)(H4,82,83,85)/t42-,56-,57-,58-,59-,60-,61-,62+,63-,64-/m0/s1. The van der Waals surface area contributed by atoms with E-state index in [4.69, 9.17) is 51.9 Å². The van der Waals surface area contributed by atoms with Gasteiger partial charge in [0.25, 0.3) is 0 Å². The minimum absolute atomic E-state index is 0.0228. The van der Waals surface area contributed by atoms with Gasteiger partial charge in [0.05, 0.1) is 6.61 Å². The van der Waals surface area contributed by atoms with Crippen LogP contribution in [0.15, 0.2) is 156 Å². The number of phenols is 1. The van der Waals surface area contributed by atoms with Gasteiger partial charge in [0, 0.05) is 85.8 Å². The predicted octanol–water partition coefficient (Wildman–Crippen LogP) is 0.826. The smallest absolute Gasteiger partial charge is 0.245 e. The van der Waals surface area contributed by atoms with Crippen LogP contribution in [-0.4, -0.2) is 184 Å². The lowest BCUT2D eigenvalue weighted by Gasteiger charge is -2.30. The van der Waals surface area contributed by atoms with Gasteiger partial charge in [-0.25, -0.2) is 0 Å². The predicted molar refractivity (Wildman–Crippen MR) is 411 cm³/mol. The number of aromatic nitrogens is 1. The molecule has 1 fully saturated rings. The molecule has 6 aromatic carbocycles. The molecule has 10 atom stereocenters. The highest BCUT2D eigenvalue weighted by atomic mass is 35.5. The topological polar surface area (TPSA) is 510 Å². The summed E-state index contributed by atoms with van der Waals surface area (Å²) in [5.74, 6) is -9.92. The van der Waals surface area contributed by atoms with Gasteiger partial charge in [-0.15, -0.1) is 0 Å². The van der Waals surface area contributed by atoms with E-state index in [0.717, 1.165) is 10.8 Å².